The molecule has 1 fully saturated rings. The van der Waals surface area contributed by atoms with Crippen LogP contribution in [0.2, 0.25) is 0 Å². The summed E-state index contributed by atoms with van der Waals surface area (Å²) in [6.07, 6.45) is 8.39. The standard InChI is InChI=1S/C12H26N2/c1-3-12(7-4-5-8-12)11-14-10-6-9-13-2/h13-14H,3-11H2,1-2H3. The molecule has 0 unspecified atom stereocenters. The van der Waals surface area contributed by atoms with E-state index in [1.54, 1.807) is 0 Å². The minimum Gasteiger partial charge on any atom is -0.320 e. The molecule has 0 aliphatic heterocycles. The first-order chi connectivity index (χ1) is 6.83. The van der Waals surface area contributed by atoms with E-state index in [1.165, 1.54) is 51.6 Å². The molecule has 1 saturated carbocycles. The van der Waals surface area contributed by atoms with Crippen molar-refractivity contribution in [1.29, 1.82) is 0 Å². The average molecular weight is 198 g/mol. The quantitative estimate of drug-likeness (QED) is 0.613. The van der Waals surface area contributed by atoms with Crippen LogP contribution in [0.1, 0.15) is 45.4 Å². The highest BCUT2D eigenvalue weighted by Crippen LogP contribution is 2.40. The molecule has 0 spiro atoms. The molecular weight excluding hydrogens is 172 g/mol. The second kappa shape index (κ2) is 6.41. The van der Waals surface area contributed by atoms with Crippen molar-refractivity contribution >= 4 is 0 Å². The number of rotatable bonds is 7. The maximum absolute atomic E-state index is 3.61. The lowest BCUT2D eigenvalue weighted by Crippen LogP contribution is -2.32. The summed E-state index contributed by atoms with van der Waals surface area (Å²) in [5.74, 6) is 0. The van der Waals surface area contributed by atoms with Crippen LogP contribution in [0.15, 0.2) is 0 Å². The zero-order valence-electron chi connectivity index (χ0n) is 9.86. The van der Waals surface area contributed by atoms with Gasteiger partial charge in [-0.05, 0) is 51.2 Å². The van der Waals surface area contributed by atoms with Gasteiger partial charge in [0.2, 0.25) is 0 Å². The molecule has 0 aromatic carbocycles. The summed E-state index contributed by atoms with van der Waals surface area (Å²) in [5.41, 5.74) is 0.652. The van der Waals surface area contributed by atoms with Crippen molar-refractivity contribution in [2.75, 3.05) is 26.7 Å². The molecule has 2 heteroatoms. The first-order valence-corrected chi connectivity index (χ1v) is 6.18. The molecule has 84 valence electrons. The van der Waals surface area contributed by atoms with Gasteiger partial charge >= 0.3 is 0 Å². The number of hydrogen-bond acceptors (Lipinski definition) is 2. The van der Waals surface area contributed by atoms with E-state index in [9.17, 15) is 0 Å². The summed E-state index contributed by atoms with van der Waals surface area (Å²) in [6.45, 7) is 5.89. The van der Waals surface area contributed by atoms with Crippen LogP contribution in [0.3, 0.4) is 0 Å². The van der Waals surface area contributed by atoms with Gasteiger partial charge in [0.15, 0.2) is 0 Å². The number of nitrogens with one attached hydrogen (secondary N) is 2. The highest BCUT2D eigenvalue weighted by molar-refractivity contribution is 4.85. The Morgan fingerprint density at radius 3 is 2.43 bits per heavy atom. The fourth-order valence-corrected chi connectivity index (χ4v) is 2.52. The van der Waals surface area contributed by atoms with Crippen molar-refractivity contribution in [3.05, 3.63) is 0 Å². The minimum atomic E-state index is 0.652. The van der Waals surface area contributed by atoms with Crippen molar-refractivity contribution in [2.24, 2.45) is 5.41 Å². The molecule has 2 nitrogen and oxygen atoms in total. The molecule has 0 saturated heterocycles. The predicted molar refractivity (Wildman–Crippen MR) is 62.6 cm³/mol. The van der Waals surface area contributed by atoms with E-state index in [2.05, 4.69) is 17.6 Å². The smallest absolute Gasteiger partial charge is 0.000771 e. The first-order valence-electron chi connectivity index (χ1n) is 6.18. The van der Waals surface area contributed by atoms with Gasteiger partial charge in [-0.3, -0.25) is 0 Å². The Balaban J connectivity index is 2.08. The number of hydrogen-bond donors (Lipinski definition) is 2. The van der Waals surface area contributed by atoms with E-state index in [4.69, 9.17) is 0 Å². The van der Waals surface area contributed by atoms with Crippen LogP contribution >= 0.6 is 0 Å². The Labute approximate surface area is 88.8 Å². The van der Waals surface area contributed by atoms with Gasteiger partial charge in [-0.25, -0.2) is 0 Å². The molecule has 1 aliphatic rings. The Hall–Kier alpha value is -0.0800. The van der Waals surface area contributed by atoms with Crippen LogP contribution in [0, 0.1) is 5.41 Å². The maximum Gasteiger partial charge on any atom is 0.000771 e. The van der Waals surface area contributed by atoms with Crippen LogP contribution in [0.4, 0.5) is 0 Å². The highest BCUT2D eigenvalue weighted by atomic mass is 14.9. The summed E-state index contributed by atoms with van der Waals surface area (Å²) in [4.78, 5) is 0. The third-order valence-corrected chi connectivity index (χ3v) is 3.69. The van der Waals surface area contributed by atoms with Crippen LogP contribution in [-0.4, -0.2) is 26.7 Å². The molecule has 0 radical (unpaired) electrons. The van der Waals surface area contributed by atoms with Crippen molar-refractivity contribution in [3.8, 4) is 0 Å². The third kappa shape index (κ3) is 3.58. The molecule has 0 bridgehead atoms. The third-order valence-electron chi connectivity index (χ3n) is 3.69. The van der Waals surface area contributed by atoms with E-state index in [1.807, 2.05) is 7.05 Å². The lowest BCUT2D eigenvalue weighted by atomic mass is 9.83. The Bertz CT molecular complexity index is 139. The van der Waals surface area contributed by atoms with E-state index in [0.717, 1.165) is 6.54 Å². The normalized spacial score (nSPS) is 20.1. The first kappa shape index (κ1) is 12.0. The molecule has 1 aliphatic carbocycles. The van der Waals surface area contributed by atoms with Gasteiger partial charge in [0, 0.05) is 6.54 Å². The van der Waals surface area contributed by atoms with E-state index >= 15 is 0 Å². The Morgan fingerprint density at radius 2 is 1.86 bits per heavy atom. The average Bonchev–Trinajstić information content (AvgIpc) is 2.67. The van der Waals surface area contributed by atoms with Crippen LogP contribution in [0.5, 0.6) is 0 Å². The zero-order valence-corrected chi connectivity index (χ0v) is 9.86. The van der Waals surface area contributed by atoms with Gasteiger partial charge in [-0.15, -0.1) is 0 Å². The van der Waals surface area contributed by atoms with Gasteiger partial charge < -0.3 is 10.6 Å². The molecule has 0 heterocycles. The van der Waals surface area contributed by atoms with Crippen molar-refractivity contribution in [1.82, 2.24) is 10.6 Å². The fourth-order valence-electron chi connectivity index (χ4n) is 2.52. The van der Waals surface area contributed by atoms with E-state index in [0.29, 0.717) is 5.41 Å². The summed E-state index contributed by atoms with van der Waals surface area (Å²) in [6, 6.07) is 0. The summed E-state index contributed by atoms with van der Waals surface area (Å²) >= 11 is 0. The molecule has 14 heavy (non-hydrogen) atoms. The molecular formula is C12H26N2. The van der Waals surface area contributed by atoms with Gasteiger partial charge in [-0.2, -0.15) is 0 Å². The van der Waals surface area contributed by atoms with Gasteiger partial charge in [0.25, 0.3) is 0 Å². The van der Waals surface area contributed by atoms with E-state index < -0.39 is 0 Å². The van der Waals surface area contributed by atoms with Crippen LogP contribution in [-0.2, 0) is 0 Å². The SMILES string of the molecule is CCC1(CNCCCNC)CCCC1. The van der Waals surface area contributed by atoms with E-state index in [-0.39, 0.29) is 0 Å². The molecule has 0 amide bonds. The van der Waals surface area contributed by atoms with Crippen LogP contribution in [0.25, 0.3) is 0 Å². The lowest BCUT2D eigenvalue weighted by Gasteiger charge is -2.27. The van der Waals surface area contributed by atoms with Crippen molar-refractivity contribution < 1.29 is 0 Å². The van der Waals surface area contributed by atoms with Gasteiger partial charge in [0.05, 0.1) is 0 Å². The monoisotopic (exact) mass is 198 g/mol. The predicted octanol–water partition coefficient (Wildman–Crippen LogP) is 2.16. The second-order valence-corrected chi connectivity index (χ2v) is 4.69. The molecule has 0 atom stereocenters. The van der Waals surface area contributed by atoms with Gasteiger partial charge in [-0.1, -0.05) is 19.8 Å². The Morgan fingerprint density at radius 1 is 1.14 bits per heavy atom. The molecule has 2 N–H and O–H groups in total. The Kier molecular flexibility index (Phi) is 5.49. The van der Waals surface area contributed by atoms with Gasteiger partial charge in [0.1, 0.15) is 0 Å². The largest absolute Gasteiger partial charge is 0.320 e. The topological polar surface area (TPSA) is 24.1 Å². The summed E-state index contributed by atoms with van der Waals surface area (Å²) in [7, 11) is 2.02. The fraction of sp³-hybridized carbons (Fsp3) is 1.00. The van der Waals surface area contributed by atoms with Crippen LogP contribution < -0.4 is 10.6 Å². The summed E-state index contributed by atoms with van der Waals surface area (Å²) < 4.78 is 0. The van der Waals surface area contributed by atoms with Crippen molar-refractivity contribution in [2.45, 2.75) is 45.4 Å². The zero-order chi connectivity index (χ0) is 10.3. The van der Waals surface area contributed by atoms with Crippen molar-refractivity contribution in [3.63, 3.8) is 0 Å². The second-order valence-electron chi connectivity index (χ2n) is 4.69. The molecule has 0 aromatic heterocycles. The molecule has 1 rings (SSSR count). The maximum atomic E-state index is 3.61. The minimum absolute atomic E-state index is 0.652. The lowest BCUT2D eigenvalue weighted by molar-refractivity contribution is 0.269. The molecule has 0 aromatic rings. The highest BCUT2D eigenvalue weighted by Gasteiger charge is 2.30. The summed E-state index contributed by atoms with van der Waals surface area (Å²) in [5, 5.41) is 6.79.